The summed E-state index contributed by atoms with van der Waals surface area (Å²) in [5.41, 5.74) is 3.27. The van der Waals surface area contributed by atoms with Gasteiger partial charge in [-0.25, -0.2) is 0 Å². The first-order chi connectivity index (χ1) is 10.1. The summed E-state index contributed by atoms with van der Waals surface area (Å²) < 4.78 is 1.91. The van der Waals surface area contributed by atoms with Crippen LogP contribution in [0.5, 0.6) is 0 Å². The van der Waals surface area contributed by atoms with E-state index >= 15 is 0 Å². The zero-order valence-electron chi connectivity index (χ0n) is 12.3. The van der Waals surface area contributed by atoms with Crippen LogP contribution in [0.25, 0.3) is 0 Å². The van der Waals surface area contributed by atoms with Crippen LogP contribution >= 0.6 is 23.2 Å². The van der Waals surface area contributed by atoms with Crippen LogP contribution in [0.4, 0.5) is 0 Å². The Balaban J connectivity index is 1.99. The van der Waals surface area contributed by atoms with Crippen LogP contribution < -0.4 is 5.32 Å². The van der Waals surface area contributed by atoms with Crippen LogP contribution in [0.15, 0.2) is 24.3 Å². The Labute approximate surface area is 135 Å². The Morgan fingerprint density at radius 2 is 2.00 bits per heavy atom. The second-order valence-electron chi connectivity index (χ2n) is 5.73. The molecule has 0 radical (unpaired) electrons. The van der Waals surface area contributed by atoms with Crippen molar-refractivity contribution < 1.29 is 0 Å². The van der Waals surface area contributed by atoms with Crippen LogP contribution in [-0.2, 0) is 25.3 Å². The molecule has 0 aliphatic carbocycles. The predicted molar refractivity (Wildman–Crippen MR) is 87.3 cm³/mol. The highest BCUT2D eigenvalue weighted by molar-refractivity contribution is 6.32. The normalized spacial score (nSPS) is 16.8. The second kappa shape index (κ2) is 5.64. The molecule has 0 amide bonds. The lowest BCUT2D eigenvalue weighted by atomic mass is 9.72. The lowest BCUT2D eigenvalue weighted by molar-refractivity contribution is 0.270. The molecular weight excluding hydrogens is 305 g/mol. The fraction of sp³-hybridized carbons (Fsp3) is 0.438. The van der Waals surface area contributed by atoms with Gasteiger partial charge < -0.3 is 5.32 Å². The molecule has 21 heavy (non-hydrogen) atoms. The third-order valence-corrected chi connectivity index (χ3v) is 5.15. The van der Waals surface area contributed by atoms with E-state index in [-0.39, 0.29) is 5.41 Å². The Hall–Kier alpha value is -1.03. The smallest absolute Gasteiger partial charge is 0.0850 e. The number of benzene rings is 1. The molecule has 1 aromatic carbocycles. The highest BCUT2D eigenvalue weighted by atomic mass is 35.5. The molecule has 2 heterocycles. The molecule has 0 saturated carbocycles. The molecule has 3 rings (SSSR count). The van der Waals surface area contributed by atoms with Crippen molar-refractivity contribution in [3.05, 3.63) is 51.3 Å². The van der Waals surface area contributed by atoms with Gasteiger partial charge in [-0.1, -0.05) is 48.3 Å². The zero-order chi connectivity index (χ0) is 15.0. The summed E-state index contributed by atoms with van der Waals surface area (Å²) in [6.45, 7) is 3.91. The Bertz CT molecular complexity index is 660. The van der Waals surface area contributed by atoms with E-state index < -0.39 is 0 Å². The van der Waals surface area contributed by atoms with Crippen LogP contribution in [0.2, 0.25) is 10.0 Å². The standard InChI is InChI=1S/C16H19Cl2N3/c1-3-13-15(18)14(21(2)20-13)8-16(9-19-10-16)11-6-4-5-7-12(11)17/h4-7,19H,3,8-10H2,1-2H3. The molecule has 1 aliphatic heterocycles. The van der Waals surface area contributed by atoms with Gasteiger partial charge in [0, 0.05) is 37.0 Å². The van der Waals surface area contributed by atoms with Gasteiger partial charge in [0.25, 0.3) is 0 Å². The van der Waals surface area contributed by atoms with Crippen LogP contribution in [0.1, 0.15) is 23.9 Å². The summed E-state index contributed by atoms with van der Waals surface area (Å²) in [4.78, 5) is 0. The Morgan fingerprint density at radius 3 is 2.52 bits per heavy atom. The summed E-state index contributed by atoms with van der Waals surface area (Å²) >= 11 is 12.9. The molecular formula is C16H19Cl2N3. The summed E-state index contributed by atoms with van der Waals surface area (Å²) in [5.74, 6) is 0. The molecule has 2 aromatic rings. The molecule has 1 saturated heterocycles. The van der Waals surface area contributed by atoms with E-state index in [2.05, 4.69) is 23.4 Å². The second-order valence-corrected chi connectivity index (χ2v) is 6.51. The van der Waals surface area contributed by atoms with Gasteiger partial charge >= 0.3 is 0 Å². The number of aromatic nitrogens is 2. The fourth-order valence-corrected chi connectivity index (χ4v) is 3.76. The monoisotopic (exact) mass is 323 g/mol. The van der Waals surface area contributed by atoms with Gasteiger partial charge in [-0.3, -0.25) is 4.68 Å². The maximum Gasteiger partial charge on any atom is 0.0850 e. The molecule has 5 heteroatoms. The Kier molecular flexibility index (Phi) is 4.00. The lowest BCUT2D eigenvalue weighted by Gasteiger charge is -2.44. The van der Waals surface area contributed by atoms with E-state index in [9.17, 15) is 0 Å². The highest BCUT2D eigenvalue weighted by Crippen LogP contribution is 2.38. The Morgan fingerprint density at radius 1 is 1.29 bits per heavy atom. The molecule has 0 unspecified atom stereocenters. The van der Waals surface area contributed by atoms with E-state index in [0.717, 1.165) is 47.4 Å². The maximum atomic E-state index is 6.51. The van der Waals surface area contributed by atoms with E-state index in [4.69, 9.17) is 23.2 Å². The van der Waals surface area contributed by atoms with Crippen molar-refractivity contribution in [1.82, 2.24) is 15.1 Å². The largest absolute Gasteiger partial charge is 0.315 e. The predicted octanol–water partition coefficient (Wildman–Crippen LogP) is 3.37. The van der Waals surface area contributed by atoms with E-state index in [1.165, 1.54) is 5.56 Å². The minimum Gasteiger partial charge on any atom is -0.315 e. The molecule has 3 nitrogen and oxygen atoms in total. The van der Waals surface area contributed by atoms with Crippen LogP contribution in [0.3, 0.4) is 0 Å². The molecule has 1 fully saturated rings. The topological polar surface area (TPSA) is 29.9 Å². The van der Waals surface area contributed by atoms with Gasteiger partial charge in [-0.05, 0) is 18.1 Å². The summed E-state index contributed by atoms with van der Waals surface area (Å²) in [6.07, 6.45) is 1.70. The van der Waals surface area contributed by atoms with E-state index in [1.807, 2.05) is 29.9 Å². The lowest BCUT2D eigenvalue weighted by Crippen LogP contribution is -2.58. The number of aryl methyl sites for hydroxylation is 2. The minimum atomic E-state index is 0.0147. The summed E-state index contributed by atoms with van der Waals surface area (Å²) in [5, 5.41) is 9.53. The number of rotatable bonds is 4. The first-order valence-electron chi connectivity index (χ1n) is 7.23. The number of hydrogen-bond donors (Lipinski definition) is 1. The summed E-state index contributed by atoms with van der Waals surface area (Å²) in [7, 11) is 1.97. The zero-order valence-corrected chi connectivity index (χ0v) is 13.8. The van der Waals surface area contributed by atoms with E-state index in [0.29, 0.717) is 0 Å². The number of nitrogens with one attached hydrogen (secondary N) is 1. The minimum absolute atomic E-state index is 0.0147. The molecule has 0 bridgehead atoms. The molecule has 1 aromatic heterocycles. The number of nitrogens with zero attached hydrogens (tertiary/aromatic N) is 2. The SMILES string of the molecule is CCc1nn(C)c(CC2(c3ccccc3Cl)CNC2)c1Cl. The average Bonchev–Trinajstić information content (AvgIpc) is 2.70. The molecule has 1 N–H and O–H groups in total. The third-order valence-electron chi connectivity index (χ3n) is 4.38. The molecule has 112 valence electrons. The van der Waals surface area contributed by atoms with Crippen molar-refractivity contribution in [2.45, 2.75) is 25.2 Å². The molecule has 0 atom stereocenters. The van der Waals surface area contributed by atoms with Gasteiger partial charge in [-0.15, -0.1) is 0 Å². The van der Waals surface area contributed by atoms with Gasteiger partial charge in [0.2, 0.25) is 0 Å². The number of halogens is 2. The fourth-order valence-electron chi connectivity index (χ4n) is 3.06. The van der Waals surface area contributed by atoms with Crippen molar-refractivity contribution in [3.8, 4) is 0 Å². The molecule has 0 spiro atoms. The summed E-state index contributed by atoms with van der Waals surface area (Å²) in [6, 6.07) is 8.09. The van der Waals surface area contributed by atoms with Gasteiger partial charge in [0.1, 0.15) is 0 Å². The third kappa shape index (κ3) is 2.48. The van der Waals surface area contributed by atoms with Gasteiger partial charge in [-0.2, -0.15) is 5.10 Å². The van der Waals surface area contributed by atoms with Gasteiger partial charge in [0.15, 0.2) is 0 Å². The highest BCUT2D eigenvalue weighted by Gasteiger charge is 2.41. The van der Waals surface area contributed by atoms with Crippen molar-refractivity contribution in [2.75, 3.05) is 13.1 Å². The van der Waals surface area contributed by atoms with Crippen LogP contribution in [-0.4, -0.2) is 22.9 Å². The first kappa shape index (κ1) is 14.9. The van der Waals surface area contributed by atoms with Gasteiger partial charge in [0.05, 0.1) is 16.4 Å². The molecule has 1 aliphatic rings. The van der Waals surface area contributed by atoms with Crippen molar-refractivity contribution >= 4 is 23.2 Å². The number of hydrogen-bond acceptors (Lipinski definition) is 2. The van der Waals surface area contributed by atoms with Crippen LogP contribution in [0, 0.1) is 0 Å². The quantitative estimate of drug-likeness (QED) is 0.934. The van der Waals surface area contributed by atoms with E-state index in [1.54, 1.807) is 0 Å². The van der Waals surface area contributed by atoms with Crippen molar-refractivity contribution in [1.29, 1.82) is 0 Å². The van der Waals surface area contributed by atoms with Crippen molar-refractivity contribution in [3.63, 3.8) is 0 Å². The van der Waals surface area contributed by atoms with Crippen molar-refractivity contribution in [2.24, 2.45) is 7.05 Å². The maximum absolute atomic E-state index is 6.51. The average molecular weight is 324 g/mol. The first-order valence-corrected chi connectivity index (χ1v) is 7.99.